The Morgan fingerprint density at radius 2 is 1.96 bits per heavy atom. The monoisotopic (exact) mass is 361 g/mol. The normalized spacial score (nSPS) is 21.5. The van der Waals surface area contributed by atoms with E-state index in [2.05, 4.69) is 30.7 Å². The van der Waals surface area contributed by atoms with Gasteiger partial charge in [0.15, 0.2) is 17.6 Å². The van der Waals surface area contributed by atoms with E-state index < -0.39 is 0 Å². The van der Waals surface area contributed by atoms with Gasteiger partial charge >= 0.3 is 0 Å². The number of fused-ring (bicyclic) bond motifs is 1. The number of benzene rings is 1. The minimum Gasteiger partial charge on any atom is -0.486 e. The van der Waals surface area contributed by atoms with Gasteiger partial charge in [-0.25, -0.2) is 0 Å². The number of ether oxygens (including phenoxy) is 2. The summed E-state index contributed by atoms with van der Waals surface area (Å²) in [6.45, 7) is 9.69. The summed E-state index contributed by atoms with van der Waals surface area (Å²) >= 11 is 0. The van der Waals surface area contributed by atoms with Crippen LogP contribution in [-0.2, 0) is 4.79 Å². The highest BCUT2D eigenvalue weighted by Gasteiger charge is 2.28. The third kappa shape index (κ3) is 4.89. The molecular weight excluding hydrogens is 330 g/mol. The van der Waals surface area contributed by atoms with Gasteiger partial charge < -0.3 is 19.3 Å². The number of likely N-dealkylation sites (N-methyl/N-ethyl adjacent to an activating group) is 1. The number of rotatable bonds is 5. The van der Waals surface area contributed by atoms with Crippen LogP contribution in [0.1, 0.15) is 20.3 Å². The molecule has 0 N–H and O–H groups in total. The highest BCUT2D eigenvalue weighted by molar-refractivity contribution is 5.78. The number of nitrogens with zero attached hydrogens (tertiary/aromatic N) is 3. The first kappa shape index (κ1) is 19.0. The van der Waals surface area contributed by atoms with Crippen molar-refractivity contribution in [2.24, 2.45) is 0 Å². The second-order valence-electron chi connectivity index (χ2n) is 7.57. The fraction of sp³-hybridized carbons (Fsp3) is 0.650. The van der Waals surface area contributed by atoms with Crippen LogP contribution in [-0.4, -0.2) is 85.7 Å². The fourth-order valence-electron chi connectivity index (χ4n) is 3.51. The molecule has 1 amide bonds. The first-order valence-corrected chi connectivity index (χ1v) is 9.62. The maximum atomic E-state index is 12.9. The van der Waals surface area contributed by atoms with Gasteiger partial charge in [0.25, 0.3) is 0 Å². The molecule has 0 aromatic heterocycles. The van der Waals surface area contributed by atoms with Crippen LogP contribution in [0.4, 0.5) is 0 Å². The SMILES string of the molecule is CC(C)N(CC1COc2ccccc2O1)C(=O)CN1CCCN(C)CC1. The van der Waals surface area contributed by atoms with Crippen LogP contribution in [0.15, 0.2) is 24.3 Å². The van der Waals surface area contributed by atoms with Crippen LogP contribution in [0.25, 0.3) is 0 Å². The van der Waals surface area contributed by atoms with Gasteiger partial charge in [0, 0.05) is 19.1 Å². The van der Waals surface area contributed by atoms with Gasteiger partial charge in [-0.15, -0.1) is 0 Å². The Hall–Kier alpha value is -1.79. The Kier molecular flexibility index (Phi) is 6.38. The van der Waals surface area contributed by atoms with Gasteiger partial charge in [-0.2, -0.15) is 0 Å². The van der Waals surface area contributed by atoms with Crippen molar-refractivity contribution in [3.05, 3.63) is 24.3 Å². The number of carbonyl (C=O) groups is 1. The quantitative estimate of drug-likeness (QED) is 0.799. The molecule has 6 heteroatoms. The molecule has 1 unspecified atom stereocenters. The number of carbonyl (C=O) groups excluding carboxylic acids is 1. The van der Waals surface area contributed by atoms with Crippen molar-refractivity contribution < 1.29 is 14.3 Å². The standard InChI is InChI=1S/C20H31N3O3/c1-16(2)23(20(24)14-22-10-6-9-21(3)11-12-22)13-17-15-25-18-7-4-5-8-19(18)26-17/h4-5,7-8,16-17H,6,9-15H2,1-3H3. The Morgan fingerprint density at radius 1 is 1.19 bits per heavy atom. The van der Waals surface area contributed by atoms with Gasteiger partial charge in [0.1, 0.15) is 6.61 Å². The summed E-state index contributed by atoms with van der Waals surface area (Å²) in [7, 11) is 2.14. The molecule has 1 atom stereocenters. The van der Waals surface area contributed by atoms with E-state index in [9.17, 15) is 4.79 Å². The zero-order chi connectivity index (χ0) is 18.5. The summed E-state index contributed by atoms with van der Waals surface area (Å²) in [6.07, 6.45) is 0.980. The van der Waals surface area contributed by atoms with Crippen molar-refractivity contribution >= 4 is 5.91 Å². The molecule has 1 fully saturated rings. The van der Waals surface area contributed by atoms with E-state index in [1.165, 1.54) is 0 Å². The van der Waals surface area contributed by atoms with E-state index in [0.717, 1.165) is 44.1 Å². The van der Waals surface area contributed by atoms with E-state index in [4.69, 9.17) is 9.47 Å². The average Bonchev–Trinajstić information content (AvgIpc) is 2.83. The molecule has 1 saturated heterocycles. The van der Waals surface area contributed by atoms with Gasteiger partial charge in [0.2, 0.25) is 5.91 Å². The van der Waals surface area contributed by atoms with Crippen molar-refractivity contribution in [1.29, 1.82) is 0 Å². The zero-order valence-corrected chi connectivity index (χ0v) is 16.2. The molecule has 3 rings (SSSR count). The summed E-state index contributed by atoms with van der Waals surface area (Å²) in [5, 5.41) is 0. The van der Waals surface area contributed by atoms with Crippen LogP contribution in [0.5, 0.6) is 11.5 Å². The molecule has 144 valence electrons. The molecule has 6 nitrogen and oxygen atoms in total. The molecule has 2 aliphatic rings. The number of amides is 1. The lowest BCUT2D eigenvalue weighted by molar-refractivity contribution is -0.135. The summed E-state index contributed by atoms with van der Waals surface area (Å²) < 4.78 is 11.8. The molecule has 26 heavy (non-hydrogen) atoms. The highest BCUT2D eigenvalue weighted by atomic mass is 16.6. The lowest BCUT2D eigenvalue weighted by atomic mass is 10.2. The van der Waals surface area contributed by atoms with Gasteiger partial charge in [0.05, 0.1) is 13.1 Å². The summed E-state index contributed by atoms with van der Waals surface area (Å²) in [6, 6.07) is 7.83. The second-order valence-corrected chi connectivity index (χ2v) is 7.57. The third-order valence-corrected chi connectivity index (χ3v) is 5.08. The molecule has 2 aliphatic heterocycles. The van der Waals surface area contributed by atoms with Crippen LogP contribution < -0.4 is 9.47 Å². The third-order valence-electron chi connectivity index (χ3n) is 5.08. The first-order chi connectivity index (χ1) is 12.5. The van der Waals surface area contributed by atoms with E-state index in [-0.39, 0.29) is 18.1 Å². The number of para-hydroxylation sites is 2. The lowest BCUT2D eigenvalue weighted by Gasteiger charge is -2.34. The minimum atomic E-state index is -0.133. The second kappa shape index (κ2) is 8.73. The molecule has 1 aromatic carbocycles. The van der Waals surface area contributed by atoms with Crippen molar-refractivity contribution in [2.75, 3.05) is 52.9 Å². The lowest BCUT2D eigenvalue weighted by Crippen LogP contribution is -2.50. The van der Waals surface area contributed by atoms with Gasteiger partial charge in [-0.1, -0.05) is 12.1 Å². The largest absolute Gasteiger partial charge is 0.486 e. The van der Waals surface area contributed by atoms with E-state index in [0.29, 0.717) is 19.7 Å². The molecule has 0 aliphatic carbocycles. The van der Waals surface area contributed by atoms with E-state index >= 15 is 0 Å². The Bertz CT molecular complexity index is 608. The minimum absolute atomic E-state index is 0.133. The number of hydrogen-bond donors (Lipinski definition) is 0. The topological polar surface area (TPSA) is 45.3 Å². The van der Waals surface area contributed by atoms with Gasteiger partial charge in [-0.3, -0.25) is 9.69 Å². The summed E-state index contributed by atoms with van der Waals surface area (Å²) in [5.41, 5.74) is 0. The molecule has 0 bridgehead atoms. The average molecular weight is 361 g/mol. The fourth-order valence-corrected chi connectivity index (χ4v) is 3.51. The maximum absolute atomic E-state index is 12.9. The van der Waals surface area contributed by atoms with Crippen LogP contribution in [0.2, 0.25) is 0 Å². The molecular formula is C20H31N3O3. The smallest absolute Gasteiger partial charge is 0.237 e. The van der Waals surface area contributed by atoms with E-state index in [1.807, 2.05) is 29.2 Å². The zero-order valence-electron chi connectivity index (χ0n) is 16.2. The van der Waals surface area contributed by atoms with Crippen molar-refractivity contribution in [1.82, 2.24) is 14.7 Å². The molecule has 0 saturated carbocycles. The van der Waals surface area contributed by atoms with Crippen LogP contribution in [0.3, 0.4) is 0 Å². The first-order valence-electron chi connectivity index (χ1n) is 9.62. The molecule has 0 spiro atoms. The van der Waals surface area contributed by atoms with Crippen LogP contribution >= 0.6 is 0 Å². The number of hydrogen-bond acceptors (Lipinski definition) is 5. The van der Waals surface area contributed by atoms with E-state index in [1.54, 1.807) is 0 Å². The molecule has 0 radical (unpaired) electrons. The predicted molar refractivity (Wildman–Crippen MR) is 102 cm³/mol. The Balaban J connectivity index is 1.57. The van der Waals surface area contributed by atoms with Crippen molar-refractivity contribution in [3.63, 3.8) is 0 Å². The summed E-state index contributed by atoms with van der Waals surface area (Å²) in [4.78, 5) is 19.5. The molecule has 1 aromatic rings. The van der Waals surface area contributed by atoms with Crippen molar-refractivity contribution in [3.8, 4) is 11.5 Å². The van der Waals surface area contributed by atoms with Crippen LogP contribution in [0, 0.1) is 0 Å². The molecule has 2 heterocycles. The Morgan fingerprint density at radius 3 is 2.73 bits per heavy atom. The maximum Gasteiger partial charge on any atom is 0.237 e. The van der Waals surface area contributed by atoms with Gasteiger partial charge in [-0.05, 0) is 52.5 Å². The highest BCUT2D eigenvalue weighted by Crippen LogP contribution is 2.31. The van der Waals surface area contributed by atoms with Crippen molar-refractivity contribution in [2.45, 2.75) is 32.4 Å². The summed E-state index contributed by atoms with van der Waals surface area (Å²) in [5.74, 6) is 1.71. The predicted octanol–water partition coefficient (Wildman–Crippen LogP) is 1.70. The Labute approximate surface area is 156 Å².